The molecule has 0 aliphatic carbocycles. The van der Waals surface area contributed by atoms with E-state index in [1.807, 2.05) is 26.8 Å². The molecule has 1 heterocycles. The van der Waals surface area contributed by atoms with Gasteiger partial charge >= 0.3 is 11.6 Å². The molecule has 156 valence electrons. The minimum absolute atomic E-state index is 0.0428. The van der Waals surface area contributed by atoms with E-state index >= 15 is 0 Å². The summed E-state index contributed by atoms with van der Waals surface area (Å²) in [6.07, 6.45) is 5.61. The third kappa shape index (κ3) is 6.41. The fourth-order valence-corrected chi connectivity index (χ4v) is 2.61. The van der Waals surface area contributed by atoms with Gasteiger partial charge in [-0.05, 0) is 51.8 Å². The van der Waals surface area contributed by atoms with E-state index in [0.29, 0.717) is 0 Å². The van der Waals surface area contributed by atoms with Crippen LogP contribution < -0.4 is 15.1 Å². The van der Waals surface area contributed by atoms with Gasteiger partial charge < -0.3 is 24.1 Å². The number of carboxylic acid groups (broad SMARTS) is 1. The van der Waals surface area contributed by atoms with Gasteiger partial charge in [-0.3, -0.25) is 4.79 Å². The Labute approximate surface area is 168 Å². The van der Waals surface area contributed by atoms with Gasteiger partial charge in [0.1, 0.15) is 6.61 Å². The van der Waals surface area contributed by atoms with Gasteiger partial charge in [0, 0.05) is 0 Å². The summed E-state index contributed by atoms with van der Waals surface area (Å²) in [5.74, 6) is -1.43. The first kappa shape index (κ1) is 22.1. The average molecular weight is 402 g/mol. The molecule has 7 heteroatoms. The molecule has 0 aliphatic rings. The number of para-hydroxylation sites is 1. The smallest absolute Gasteiger partial charge is 0.383 e. The lowest BCUT2D eigenvalue weighted by Crippen LogP contribution is -2.09. The Morgan fingerprint density at radius 3 is 2.59 bits per heavy atom. The van der Waals surface area contributed by atoms with Crippen molar-refractivity contribution in [1.82, 2.24) is 0 Å². The van der Waals surface area contributed by atoms with E-state index in [0.717, 1.165) is 18.4 Å². The van der Waals surface area contributed by atoms with Crippen molar-refractivity contribution in [3.8, 4) is 17.2 Å². The summed E-state index contributed by atoms with van der Waals surface area (Å²) in [5.41, 5.74) is 1.58. The lowest BCUT2D eigenvalue weighted by atomic mass is 10.1. The van der Waals surface area contributed by atoms with Crippen molar-refractivity contribution in [3.05, 3.63) is 51.9 Å². The summed E-state index contributed by atoms with van der Waals surface area (Å²) in [5, 5.41) is 19.4. The van der Waals surface area contributed by atoms with E-state index in [9.17, 15) is 14.7 Å². The molecule has 7 nitrogen and oxygen atoms in total. The highest BCUT2D eigenvalue weighted by Crippen LogP contribution is 2.35. The van der Waals surface area contributed by atoms with Gasteiger partial charge in [0.2, 0.25) is 5.75 Å². The maximum absolute atomic E-state index is 12.3. The Bertz CT molecular complexity index is 979. The van der Waals surface area contributed by atoms with Crippen LogP contribution in [-0.4, -0.2) is 29.4 Å². The molecule has 0 amide bonds. The molecule has 0 unspecified atom stereocenters. The molecule has 1 aromatic heterocycles. The number of rotatable bonds is 10. The minimum atomic E-state index is -1.01. The van der Waals surface area contributed by atoms with Gasteiger partial charge in [-0.1, -0.05) is 23.3 Å². The maximum Gasteiger partial charge on any atom is 0.383 e. The standard InChI is InChI=1S/C22H26O7/c1-14(2)6-4-7-15(3)10-12-28-21-19(25)16-8-5-9-17(20(16)29-22(21)26)27-13-11-18(23)24/h5-6,8-10,25H,4,7,11-13H2,1-3H3,(H,23,24). The number of aromatic hydroxyl groups is 1. The third-order valence-corrected chi connectivity index (χ3v) is 4.15. The molecule has 0 aliphatic heterocycles. The maximum atomic E-state index is 12.3. The van der Waals surface area contributed by atoms with Gasteiger partial charge in [0.15, 0.2) is 17.1 Å². The summed E-state index contributed by atoms with van der Waals surface area (Å²) in [6, 6.07) is 4.70. The van der Waals surface area contributed by atoms with E-state index in [4.69, 9.17) is 19.0 Å². The highest BCUT2D eigenvalue weighted by atomic mass is 16.5. The number of benzene rings is 1. The summed E-state index contributed by atoms with van der Waals surface area (Å²) >= 11 is 0. The molecule has 29 heavy (non-hydrogen) atoms. The SMILES string of the molecule is CC(C)=CCCC(C)=CCOc1c(O)c2cccc(OCCC(=O)O)c2oc1=O. The van der Waals surface area contributed by atoms with Crippen molar-refractivity contribution >= 4 is 16.9 Å². The zero-order valence-electron chi connectivity index (χ0n) is 16.9. The van der Waals surface area contributed by atoms with Crippen LogP contribution in [0.1, 0.15) is 40.0 Å². The zero-order valence-corrected chi connectivity index (χ0v) is 16.9. The molecule has 0 bridgehead atoms. The number of hydrogen-bond acceptors (Lipinski definition) is 6. The first-order chi connectivity index (χ1) is 13.8. The predicted octanol–water partition coefficient (Wildman–Crippen LogP) is 4.42. The second kappa shape index (κ2) is 10.4. The van der Waals surface area contributed by atoms with E-state index < -0.39 is 11.6 Å². The van der Waals surface area contributed by atoms with Crippen molar-refractivity contribution in [1.29, 1.82) is 0 Å². The summed E-state index contributed by atoms with van der Waals surface area (Å²) < 4.78 is 16.1. The largest absolute Gasteiger partial charge is 0.504 e. The molecule has 2 aromatic rings. The Morgan fingerprint density at radius 1 is 1.14 bits per heavy atom. The molecule has 1 aromatic carbocycles. The fraction of sp³-hybridized carbons (Fsp3) is 0.364. The van der Waals surface area contributed by atoms with E-state index in [1.165, 1.54) is 11.6 Å². The molecule has 0 spiro atoms. The first-order valence-corrected chi connectivity index (χ1v) is 9.34. The summed E-state index contributed by atoms with van der Waals surface area (Å²) in [6.45, 7) is 6.11. The van der Waals surface area contributed by atoms with Crippen LogP contribution in [0.2, 0.25) is 0 Å². The lowest BCUT2D eigenvalue weighted by Gasteiger charge is -2.10. The number of allylic oxidation sites excluding steroid dienone is 3. The third-order valence-electron chi connectivity index (χ3n) is 4.15. The highest BCUT2D eigenvalue weighted by Gasteiger charge is 2.18. The molecular weight excluding hydrogens is 376 g/mol. The molecule has 0 radical (unpaired) electrons. The van der Waals surface area contributed by atoms with Crippen LogP contribution in [0.5, 0.6) is 17.2 Å². The van der Waals surface area contributed by atoms with Gasteiger partial charge in [0.25, 0.3) is 0 Å². The molecule has 0 fully saturated rings. The highest BCUT2D eigenvalue weighted by molar-refractivity contribution is 5.89. The molecule has 2 rings (SSSR count). The first-order valence-electron chi connectivity index (χ1n) is 9.34. The molecule has 2 N–H and O–H groups in total. The van der Waals surface area contributed by atoms with E-state index in [1.54, 1.807) is 12.1 Å². The Balaban J connectivity index is 2.16. The van der Waals surface area contributed by atoms with Crippen molar-refractivity contribution < 1.29 is 28.9 Å². The number of ether oxygens (including phenoxy) is 2. The van der Waals surface area contributed by atoms with Crippen LogP contribution in [-0.2, 0) is 4.79 Å². The van der Waals surface area contributed by atoms with Crippen molar-refractivity contribution in [3.63, 3.8) is 0 Å². The normalized spacial score (nSPS) is 11.3. The van der Waals surface area contributed by atoms with E-state index in [2.05, 4.69) is 6.08 Å². The second-order valence-electron chi connectivity index (χ2n) is 6.87. The van der Waals surface area contributed by atoms with Crippen LogP contribution in [0.15, 0.2) is 50.7 Å². The van der Waals surface area contributed by atoms with Crippen molar-refractivity contribution in [2.75, 3.05) is 13.2 Å². The monoisotopic (exact) mass is 402 g/mol. The second-order valence-corrected chi connectivity index (χ2v) is 6.87. The van der Waals surface area contributed by atoms with Gasteiger partial charge in [0.05, 0.1) is 18.4 Å². The molecule has 0 saturated carbocycles. The Morgan fingerprint density at radius 2 is 1.90 bits per heavy atom. The van der Waals surface area contributed by atoms with Crippen LogP contribution >= 0.6 is 0 Å². The number of carboxylic acids is 1. The van der Waals surface area contributed by atoms with Crippen LogP contribution in [0.3, 0.4) is 0 Å². The van der Waals surface area contributed by atoms with Gasteiger partial charge in [-0.15, -0.1) is 0 Å². The van der Waals surface area contributed by atoms with E-state index in [-0.39, 0.29) is 47.9 Å². The number of hydrogen-bond donors (Lipinski definition) is 2. The Kier molecular flexibility index (Phi) is 7.88. The molecule has 0 atom stereocenters. The Hall–Kier alpha value is -3.22. The number of fused-ring (bicyclic) bond motifs is 1. The summed E-state index contributed by atoms with van der Waals surface area (Å²) in [4.78, 5) is 22.9. The summed E-state index contributed by atoms with van der Waals surface area (Å²) in [7, 11) is 0. The fourth-order valence-electron chi connectivity index (χ4n) is 2.61. The average Bonchev–Trinajstić information content (AvgIpc) is 2.64. The lowest BCUT2D eigenvalue weighted by molar-refractivity contribution is -0.137. The molecule has 0 saturated heterocycles. The van der Waals surface area contributed by atoms with Crippen LogP contribution in [0.4, 0.5) is 0 Å². The molecular formula is C22H26O7. The topological polar surface area (TPSA) is 106 Å². The van der Waals surface area contributed by atoms with Crippen molar-refractivity contribution in [2.24, 2.45) is 0 Å². The van der Waals surface area contributed by atoms with Crippen LogP contribution in [0, 0.1) is 0 Å². The minimum Gasteiger partial charge on any atom is -0.504 e. The van der Waals surface area contributed by atoms with Gasteiger partial charge in [-0.25, -0.2) is 4.79 Å². The van der Waals surface area contributed by atoms with Gasteiger partial charge in [-0.2, -0.15) is 0 Å². The van der Waals surface area contributed by atoms with Crippen LogP contribution in [0.25, 0.3) is 11.0 Å². The predicted molar refractivity (Wildman–Crippen MR) is 110 cm³/mol. The number of carbonyl (C=O) groups is 1. The zero-order chi connectivity index (χ0) is 21.4. The van der Waals surface area contributed by atoms with Crippen molar-refractivity contribution in [2.45, 2.75) is 40.0 Å². The number of aliphatic carboxylic acids is 1. The quantitative estimate of drug-likeness (QED) is 0.447.